The highest BCUT2D eigenvalue weighted by Gasteiger charge is 2.25. The van der Waals surface area contributed by atoms with Crippen LogP contribution in [0.3, 0.4) is 0 Å². The molecule has 0 aliphatic carbocycles. The maximum Gasteiger partial charge on any atom is 0.104 e. The van der Waals surface area contributed by atoms with Crippen LogP contribution in [0.1, 0.15) is 39.0 Å². The van der Waals surface area contributed by atoms with Crippen molar-refractivity contribution >= 4 is 0 Å². The molecule has 0 aromatic rings. The molecule has 0 bridgehead atoms. The fourth-order valence-corrected chi connectivity index (χ4v) is 1.92. The summed E-state index contributed by atoms with van der Waals surface area (Å²) in [5, 5.41) is 0. The maximum absolute atomic E-state index is 5.86. The van der Waals surface area contributed by atoms with Gasteiger partial charge in [0, 0.05) is 0 Å². The van der Waals surface area contributed by atoms with Crippen LogP contribution in [0.5, 0.6) is 0 Å². The molecule has 0 radical (unpaired) electrons. The van der Waals surface area contributed by atoms with E-state index >= 15 is 0 Å². The van der Waals surface area contributed by atoms with Crippen molar-refractivity contribution in [2.45, 2.75) is 57.3 Å². The van der Waals surface area contributed by atoms with Crippen molar-refractivity contribution in [3.8, 4) is 0 Å². The van der Waals surface area contributed by atoms with E-state index < -0.39 is 0 Å². The van der Waals surface area contributed by atoms with Crippen molar-refractivity contribution in [3.05, 3.63) is 0 Å². The van der Waals surface area contributed by atoms with Gasteiger partial charge < -0.3 is 18.9 Å². The Labute approximate surface area is 110 Å². The van der Waals surface area contributed by atoms with Gasteiger partial charge in [-0.15, -0.1) is 0 Å². The van der Waals surface area contributed by atoms with E-state index in [1.165, 1.54) is 25.7 Å². The van der Waals surface area contributed by atoms with Crippen molar-refractivity contribution in [3.63, 3.8) is 0 Å². The molecule has 18 heavy (non-hydrogen) atoms. The van der Waals surface area contributed by atoms with Gasteiger partial charge >= 0.3 is 0 Å². The van der Waals surface area contributed by atoms with Gasteiger partial charge in [0.25, 0.3) is 0 Å². The Bertz CT molecular complexity index is 214. The summed E-state index contributed by atoms with van der Waals surface area (Å²) in [4.78, 5) is 0. The lowest BCUT2D eigenvalue weighted by Gasteiger charge is -2.17. The highest BCUT2D eigenvalue weighted by atomic mass is 16.6. The zero-order valence-corrected chi connectivity index (χ0v) is 11.4. The van der Waals surface area contributed by atoms with Crippen molar-refractivity contribution in [1.82, 2.24) is 0 Å². The molecule has 2 aliphatic heterocycles. The molecule has 0 spiro atoms. The van der Waals surface area contributed by atoms with Crippen molar-refractivity contribution in [1.29, 1.82) is 0 Å². The van der Waals surface area contributed by atoms with Crippen LogP contribution < -0.4 is 0 Å². The lowest BCUT2D eigenvalue weighted by atomic mass is 10.1. The maximum atomic E-state index is 5.86. The zero-order valence-electron chi connectivity index (χ0n) is 11.4. The third-order valence-corrected chi connectivity index (χ3v) is 3.31. The van der Waals surface area contributed by atoms with Gasteiger partial charge in [0.15, 0.2) is 0 Å². The van der Waals surface area contributed by atoms with E-state index in [9.17, 15) is 0 Å². The molecule has 3 atom stereocenters. The lowest BCUT2D eigenvalue weighted by molar-refractivity contribution is -0.0288. The van der Waals surface area contributed by atoms with E-state index in [4.69, 9.17) is 18.9 Å². The molecular weight excluding hydrogens is 232 g/mol. The summed E-state index contributed by atoms with van der Waals surface area (Å²) in [6.45, 7) is 6.09. The molecule has 0 aromatic heterocycles. The van der Waals surface area contributed by atoms with Crippen molar-refractivity contribution in [2.75, 3.05) is 33.0 Å². The van der Waals surface area contributed by atoms with E-state index in [2.05, 4.69) is 6.92 Å². The first kappa shape index (κ1) is 14.3. The summed E-state index contributed by atoms with van der Waals surface area (Å²) in [6.07, 6.45) is 7.12. The summed E-state index contributed by atoms with van der Waals surface area (Å²) in [6, 6.07) is 0. The minimum atomic E-state index is 0.227. The molecular formula is C14H26O4. The Balaban J connectivity index is 1.53. The number of hydrogen-bond acceptors (Lipinski definition) is 4. The van der Waals surface area contributed by atoms with Crippen LogP contribution in [-0.4, -0.2) is 51.3 Å². The summed E-state index contributed by atoms with van der Waals surface area (Å²) < 4.78 is 21.8. The van der Waals surface area contributed by atoms with Crippen LogP contribution in [0.4, 0.5) is 0 Å². The average molecular weight is 258 g/mol. The summed E-state index contributed by atoms with van der Waals surface area (Å²) in [7, 11) is 0. The Morgan fingerprint density at radius 1 is 1.06 bits per heavy atom. The average Bonchev–Trinajstić information content (AvgIpc) is 3.25. The van der Waals surface area contributed by atoms with E-state index in [0.29, 0.717) is 18.8 Å². The molecule has 4 heteroatoms. The van der Waals surface area contributed by atoms with E-state index in [1.807, 2.05) is 0 Å². The van der Waals surface area contributed by atoms with Gasteiger partial charge in [-0.25, -0.2) is 0 Å². The van der Waals surface area contributed by atoms with Gasteiger partial charge in [0.1, 0.15) is 12.2 Å². The molecule has 2 rings (SSSR count). The van der Waals surface area contributed by atoms with Crippen LogP contribution in [0.25, 0.3) is 0 Å². The summed E-state index contributed by atoms with van der Waals surface area (Å²) in [5.41, 5.74) is 0. The second kappa shape index (κ2) is 8.10. The van der Waals surface area contributed by atoms with Crippen LogP contribution in [-0.2, 0) is 18.9 Å². The zero-order chi connectivity index (χ0) is 12.6. The Kier molecular flexibility index (Phi) is 6.41. The monoisotopic (exact) mass is 258 g/mol. The van der Waals surface area contributed by atoms with Crippen LogP contribution >= 0.6 is 0 Å². The van der Waals surface area contributed by atoms with Gasteiger partial charge in [0.2, 0.25) is 0 Å². The molecule has 0 aromatic carbocycles. The SMILES string of the molecule is CCCCCCC(COCC1CO1)OCC1CO1. The molecule has 0 amide bonds. The molecule has 0 saturated carbocycles. The van der Waals surface area contributed by atoms with Gasteiger partial charge in [-0.2, -0.15) is 0 Å². The van der Waals surface area contributed by atoms with Gasteiger partial charge in [-0.1, -0.05) is 32.6 Å². The third-order valence-electron chi connectivity index (χ3n) is 3.31. The largest absolute Gasteiger partial charge is 0.376 e. The highest BCUT2D eigenvalue weighted by Crippen LogP contribution is 2.15. The first-order valence-corrected chi connectivity index (χ1v) is 7.31. The van der Waals surface area contributed by atoms with E-state index in [-0.39, 0.29) is 6.10 Å². The molecule has 2 heterocycles. The first-order valence-electron chi connectivity index (χ1n) is 7.31. The summed E-state index contributed by atoms with van der Waals surface area (Å²) >= 11 is 0. The lowest BCUT2D eigenvalue weighted by Crippen LogP contribution is -2.23. The number of unbranched alkanes of at least 4 members (excludes halogenated alkanes) is 3. The minimum absolute atomic E-state index is 0.227. The molecule has 4 nitrogen and oxygen atoms in total. The van der Waals surface area contributed by atoms with Crippen molar-refractivity contribution in [2.24, 2.45) is 0 Å². The van der Waals surface area contributed by atoms with Gasteiger partial charge in [-0.05, 0) is 6.42 Å². The molecule has 2 saturated heterocycles. The van der Waals surface area contributed by atoms with Gasteiger partial charge in [-0.3, -0.25) is 0 Å². The fourth-order valence-electron chi connectivity index (χ4n) is 1.92. The Morgan fingerprint density at radius 2 is 1.78 bits per heavy atom. The van der Waals surface area contributed by atoms with Crippen LogP contribution in [0, 0.1) is 0 Å². The third kappa shape index (κ3) is 6.69. The Morgan fingerprint density at radius 3 is 2.44 bits per heavy atom. The fraction of sp³-hybridized carbons (Fsp3) is 1.00. The Hall–Kier alpha value is -0.160. The first-order chi connectivity index (χ1) is 8.88. The predicted octanol–water partition coefficient (Wildman–Crippen LogP) is 2.16. The quantitative estimate of drug-likeness (QED) is 0.397. The normalized spacial score (nSPS) is 27.2. The predicted molar refractivity (Wildman–Crippen MR) is 68.8 cm³/mol. The van der Waals surface area contributed by atoms with E-state index in [0.717, 1.165) is 32.8 Å². The van der Waals surface area contributed by atoms with Crippen molar-refractivity contribution < 1.29 is 18.9 Å². The smallest absolute Gasteiger partial charge is 0.104 e. The molecule has 0 N–H and O–H groups in total. The molecule has 2 aliphatic rings. The molecule has 2 fully saturated rings. The van der Waals surface area contributed by atoms with Crippen LogP contribution in [0.15, 0.2) is 0 Å². The highest BCUT2D eigenvalue weighted by molar-refractivity contribution is 4.71. The number of ether oxygens (including phenoxy) is 4. The van der Waals surface area contributed by atoms with Gasteiger partial charge in [0.05, 0.1) is 39.1 Å². The second-order valence-electron chi connectivity index (χ2n) is 5.25. The molecule has 106 valence electrons. The summed E-state index contributed by atoms with van der Waals surface area (Å²) in [5.74, 6) is 0. The molecule has 3 unspecified atom stereocenters. The minimum Gasteiger partial charge on any atom is -0.376 e. The number of epoxide rings is 2. The number of rotatable bonds is 12. The number of hydrogen-bond donors (Lipinski definition) is 0. The second-order valence-corrected chi connectivity index (χ2v) is 5.25. The van der Waals surface area contributed by atoms with Crippen LogP contribution in [0.2, 0.25) is 0 Å². The standard InChI is InChI=1S/C14H26O4/c1-2-3-4-5-6-12(16-10-14-11-18-14)7-15-8-13-9-17-13/h12-14H,2-11H2,1H3. The van der Waals surface area contributed by atoms with E-state index in [1.54, 1.807) is 0 Å². The topological polar surface area (TPSA) is 43.5 Å².